The van der Waals surface area contributed by atoms with Gasteiger partial charge in [-0.3, -0.25) is 0 Å². The van der Waals surface area contributed by atoms with Gasteiger partial charge in [-0.15, -0.1) is 12.4 Å². The van der Waals surface area contributed by atoms with Crippen molar-refractivity contribution >= 4 is 24.0 Å². The Hall–Kier alpha value is -0.450. The van der Waals surface area contributed by atoms with Gasteiger partial charge < -0.3 is 5.73 Å². The Kier molecular flexibility index (Phi) is 6.17. The molecule has 1 nitrogen and oxygen atoms in total. The summed E-state index contributed by atoms with van der Waals surface area (Å²) in [6.07, 6.45) is 0.644. The van der Waals surface area contributed by atoms with Crippen LogP contribution in [0.4, 0.5) is 13.2 Å². The highest BCUT2D eigenvalue weighted by Crippen LogP contribution is 2.40. The fourth-order valence-corrected chi connectivity index (χ4v) is 2.98. The number of rotatable bonds is 2. The average molecular weight is 328 g/mol. The first kappa shape index (κ1) is 17.6. The van der Waals surface area contributed by atoms with Gasteiger partial charge in [0.15, 0.2) is 0 Å². The van der Waals surface area contributed by atoms with Gasteiger partial charge in [0.1, 0.15) is 0 Å². The van der Waals surface area contributed by atoms with Crippen LogP contribution in [0, 0.1) is 5.92 Å². The van der Waals surface area contributed by atoms with Crippen molar-refractivity contribution < 1.29 is 13.2 Å². The Morgan fingerprint density at radius 2 is 1.75 bits per heavy atom. The normalized spacial score (nSPS) is 18.4. The van der Waals surface area contributed by atoms with Crippen molar-refractivity contribution in [2.45, 2.75) is 44.3 Å². The molecular formula is C14H18Cl2F3N. The van der Waals surface area contributed by atoms with E-state index in [2.05, 4.69) is 0 Å². The van der Waals surface area contributed by atoms with Crippen LogP contribution in [0.25, 0.3) is 0 Å². The average Bonchev–Trinajstić information content (AvgIpc) is 2.38. The molecule has 1 fully saturated rings. The number of hydrogen-bond donors (Lipinski definition) is 1. The lowest BCUT2D eigenvalue weighted by atomic mass is 9.80. The molecule has 0 radical (unpaired) electrons. The molecule has 1 aromatic carbocycles. The van der Waals surface area contributed by atoms with Crippen LogP contribution >= 0.6 is 24.0 Å². The van der Waals surface area contributed by atoms with Crippen molar-refractivity contribution in [3.8, 4) is 0 Å². The summed E-state index contributed by atoms with van der Waals surface area (Å²) in [5.74, 6) is 0.135. The molecular weight excluding hydrogens is 310 g/mol. The molecule has 1 aliphatic rings. The predicted octanol–water partition coefficient (Wildman–Crippen LogP) is 5.36. The molecule has 1 aromatic rings. The second kappa shape index (κ2) is 7.01. The first-order chi connectivity index (χ1) is 8.89. The number of hydrogen-bond acceptors (Lipinski definition) is 1. The quantitative estimate of drug-likeness (QED) is 0.777. The molecule has 2 rings (SSSR count). The number of halogens is 5. The van der Waals surface area contributed by atoms with Crippen molar-refractivity contribution in [2.75, 3.05) is 0 Å². The second-order valence-corrected chi connectivity index (χ2v) is 5.59. The van der Waals surface area contributed by atoms with Crippen molar-refractivity contribution in [3.63, 3.8) is 0 Å². The van der Waals surface area contributed by atoms with Crippen LogP contribution in [0.15, 0.2) is 18.2 Å². The summed E-state index contributed by atoms with van der Waals surface area (Å²) in [6, 6.07) is 3.31. The topological polar surface area (TPSA) is 26.0 Å². The summed E-state index contributed by atoms with van der Waals surface area (Å²) in [6.45, 7) is 0. The van der Waals surface area contributed by atoms with E-state index in [1.165, 1.54) is 12.1 Å². The van der Waals surface area contributed by atoms with Crippen LogP contribution in [0.2, 0.25) is 5.02 Å². The Bertz CT molecular complexity index is 443. The monoisotopic (exact) mass is 327 g/mol. The largest absolute Gasteiger partial charge is 0.416 e. The molecule has 0 aliphatic heterocycles. The van der Waals surface area contributed by atoms with Crippen molar-refractivity contribution in [1.29, 1.82) is 0 Å². The zero-order chi connectivity index (χ0) is 14.0. The maximum atomic E-state index is 13.0. The maximum absolute atomic E-state index is 13.0. The number of benzene rings is 1. The summed E-state index contributed by atoms with van der Waals surface area (Å²) in [7, 11) is 0. The fraction of sp³-hybridized carbons (Fsp3) is 0.571. The molecule has 1 saturated carbocycles. The lowest BCUT2D eigenvalue weighted by Gasteiger charge is -2.29. The third kappa shape index (κ3) is 4.03. The van der Waals surface area contributed by atoms with Crippen LogP contribution in [-0.4, -0.2) is 0 Å². The Balaban J connectivity index is 0.00000200. The summed E-state index contributed by atoms with van der Waals surface area (Å²) >= 11 is 5.67. The molecule has 0 heterocycles. The molecule has 6 heteroatoms. The molecule has 0 amide bonds. The van der Waals surface area contributed by atoms with E-state index >= 15 is 0 Å². The Labute approximate surface area is 128 Å². The van der Waals surface area contributed by atoms with Crippen LogP contribution in [0.5, 0.6) is 0 Å². The standard InChI is InChI=1S/C14H17ClF3N.ClH/c15-10-6-7-11(12(8-10)14(16,17)18)13(19)9-4-2-1-3-5-9;/h6-9,13H,1-5,19H2;1H/t13-;/m1./s1. The molecule has 1 aliphatic carbocycles. The van der Waals surface area contributed by atoms with E-state index in [0.29, 0.717) is 0 Å². The minimum Gasteiger partial charge on any atom is -0.324 e. The van der Waals surface area contributed by atoms with Crippen molar-refractivity contribution in [2.24, 2.45) is 11.7 Å². The highest BCUT2D eigenvalue weighted by Gasteiger charge is 2.36. The molecule has 2 N–H and O–H groups in total. The van der Waals surface area contributed by atoms with Gasteiger partial charge in [0.2, 0.25) is 0 Å². The van der Waals surface area contributed by atoms with E-state index in [1.807, 2.05) is 0 Å². The van der Waals surface area contributed by atoms with E-state index < -0.39 is 17.8 Å². The molecule has 0 aromatic heterocycles. The van der Waals surface area contributed by atoms with E-state index in [0.717, 1.165) is 38.2 Å². The van der Waals surface area contributed by atoms with Crippen LogP contribution < -0.4 is 5.73 Å². The van der Waals surface area contributed by atoms with Gasteiger partial charge in [-0.05, 0) is 36.5 Å². The highest BCUT2D eigenvalue weighted by molar-refractivity contribution is 6.30. The van der Waals surface area contributed by atoms with E-state index in [9.17, 15) is 13.2 Å². The molecule has 0 saturated heterocycles. The van der Waals surface area contributed by atoms with Gasteiger partial charge in [0.05, 0.1) is 5.56 Å². The SMILES string of the molecule is Cl.N[C@@H](c1ccc(Cl)cc1C(F)(F)F)C1CCCCC1. The summed E-state index contributed by atoms with van der Waals surface area (Å²) in [5, 5.41) is 0.0897. The number of nitrogens with two attached hydrogens (primary N) is 1. The molecule has 0 spiro atoms. The van der Waals surface area contributed by atoms with E-state index in [4.69, 9.17) is 17.3 Å². The third-order valence-electron chi connectivity index (χ3n) is 3.84. The molecule has 114 valence electrons. The minimum absolute atomic E-state index is 0. The smallest absolute Gasteiger partial charge is 0.324 e. The minimum atomic E-state index is -4.41. The lowest BCUT2D eigenvalue weighted by molar-refractivity contribution is -0.138. The third-order valence-corrected chi connectivity index (χ3v) is 4.07. The van der Waals surface area contributed by atoms with Crippen LogP contribution in [0.1, 0.15) is 49.3 Å². The molecule has 0 unspecified atom stereocenters. The lowest BCUT2D eigenvalue weighted by Crippen LogP contribution is -2.26. The van der Waals surface area contributed by atoms with Gasteiger partial charge in [-0.25, -0.2) is 0 Å². The molecule has 20 heavy (non-hydrogen) atoms. The highest BCUT2D eigenvalue weighted by atomic mass is 35.5. The molecule has 0 bridgehead atoms. The first-order valence-corrected chi connectivity index (χ1v) is 6.89. The Morgan fingerprint density at radius 1 is 1.15 bits per heavy atom. The maximum Gasteiger partial charge on any atom is 0.416 e. The zero-order valence-electron chi connectivity index (χ0n) is 10.9. The molecule has 1 atom stereocenters. The van der Waals surface area contributed by atoms with Crippen LogP contribution in [-0.2, 0) is 6.18 Å². The summed E-state index contributed by atoms with van der Waals surface area (Å²) in [4.78, 5) is 0. The van der Waals surface area contributed by atoms with Gasteiger partial charge in [0, 0.05) is 11.1 Å². The van der Waals surface area contributed by atoms with Crippen molar-refractivity contribution in [1.82, 2.24) is 0 Å². The fourth-order valence-electron chi connectivity index (χ4n) is 2.81. The van der Waals surface area contributed by atoms with Crippen molar-refractivity contribution in [3.05, 3.63) is 34.3 Å². The first-order valence-electron chi connectivity index (χ1n) is 6.52. The van der Waals surface area contributed by atoms with Gasteiger partial charge >= 0.3 is 6.18 Å². The van der Waals surface area contributed by atoms with E-state index in [1.54, 1.807) is 0 Å². The summed E-state index contributed by atoms with van der Waals surface area (Å²) < 4.78 is 39.1. The second-order valence-electron chi connectivity index (χ2n) is 5.15. The Morgan fingerprint density at radius 3 is 2.30 bits per heavy atom. The zero-order valence-corrected chi connectivity index (χ0v) is 12.5. The van der Waals surface area contributed by atoms with Gasteiger partial charge in [-0.2, -0.15) is 13.2 Å². The van der Waals surface area contributed by atoms with Gasteiger partial charge in [-0.1, -0.05) is 36.9 Å². The van der Waals surface area contributed by atoms with E-state index in [-0.39, 0.29) is 28.9 Å². The number of alkyl halides is 3. The predicted molar refractivity (Wildman–Crippen MR) is 77.2 cm³/mol. The van der Waals surface area contributed by atoms with Crippen LogP contribution in [0.3, 0.4) is 0 Å². The summed E-state index contributed by atoms with van der Waals surface area (Å²) in [5.41, 5.74) is 5.55. The van der Waals surface area contributed by atoms with Gasteiger partial charge in [0.25, 0.3) is 0 Å².